The largest absolute Gasteiger partial charge is 0.302 e. The van der Waals surface area contributed by atoms with E-state index in [1.54, 1.807) is 11.3 Å². The van der Waals surface area contributed by atoms with Gasteiger partial charge in [0, 0.05) is 23.9 Å². The van der Waals surface area contributed by atoms with E-state index in [0.29, 0.717) is 18.1 Å². The van der Waals surface area contributed by atoms with Crippen molar-refractivity contribution in [3.63, 3.8) is 0 Å². The first-order valence-electron chi connectivity index (χ1n) is 8.77. The van der Waals surface area contributed by atoms with Gasteiger partial charge in [0.15, 0.2) is 11.0 Å². The Kier molecular flexibility index (Phi) is 6.27. The number of carbonyl (C=O) groups excluding carboxylic acids is 1. The van der Waals surface area contributed by atoms with E-state index >= 15 is 0 Å². The summed E-state index contributed by atoms with van der Waals surface area (Å²) < 4.78 is 2.07. The molecule has 3 rings (SSSR count). The molecule has 0 saturated carbocycles. The average Bonchev–Trinajstić information content (AvgIpc) is 3.29. The Bertz CT molecular complexity index is 852. The first-order chi connectivity index (χ1) is 12.6. The molecule has 0 atom stereocenters. The molecule has 0 unspecified atom stereocenters. The summed E-state index contributed by atoms with van der Waals surface area (Å²) in [4.78, 5) is 12.4. The summed E-state index contributed by atoms with van der Waals surface area (Å²) in [5.74, 6) is 1.99. The third-order valence-electron chi connectivity index (χ3n) is 4.22. The third kappa shape index (κ3) is 4.43. The molecule has 0 N–H and O–H groups in total. The number of carbonyl (C=O) groups is 1. The highest BCUT2D eigenvalue weighted by Gasteiger charge is 2.15. The number of hydrogen-bond acceptors (Lipinski definition) is 5. The van der Waals surface area contributed by atoms with Gasteiger partial charge in [-0.3, -0.25) is 4.79 Å². The lowest BCUT2D eigenvalue weighted by atomic mass is 10.0. The highest BCUT2D eigenvalue weighted by atomic mass is 32.2. The number of ketones is 1. The van der Waals surface area contributed by atoms with Gasteiger partial charge < -0.3 is 4.57 Å². The van der Waals surface area contributed by atoms with Gasteiger partial charge >= 0.3 is 0 Å². The molecule has 0 bridgehead atoms. The predicted molar refractivity (Wildman–Crippen MR) is 109 cm³/mol. The van der Waals surface area contributed by atoms with E-state index in [-0.39, 0.29) is 5.78 Å². The summed E-state index contributed by atoms with van der Waals surface area (Å²) in [6.07, 6.45) is 0.461. The van der Waals surface area contributed by atoms with Crippen molar-refractivity contribution in [2.75, 3.05) is 5.75 Å². The minimum atomic E-state index is 0.204. The monoisotopic (exact) mass is 385 g/mol. The topological polar surface area (TPSA) is 47.8 Å². The van der Waals surface area contributed by atoms with Crippen molar-refractivity contribution in [3.05, 3.63) is 52.2 Å². The maximum absolute atomic E-state index is 12.4. The molecule has 0 aliphatic rings. The fraction of sp³-hybridized carbons (Fsp3) is 0.350. The molecule has 0 aliphatic carbocycles. The van der Waals surface area contributed by atoms with Gasteiger partial charge in [-0.05, 0) is 35.4 Å². The average molecular weight is 386 g/mol. The standard InChI is InChI=1S/C20H23N3OS2/c1-4-23-19(17-9-10-25-12-17)21-22-20(23)26-13-18(24)11-15-5-7-16(8-6-15)14(2)3/h5-10,12,14H,4,11,13H2,1-3H3. The number of benzene rings is 1. The molecule has 0 amide bonds. The molecule has 4 nitrogen and oxygen atoms in total. The maximum atomic E-state index is 12.4. The van der Waals surface area contributed by atoms with E-state index in [0.717, 1.165) is 28.7 Å². The van der Waals surface area contributed by atoms with Gasteiger partial charge in [-0.1, -0.05) is 49.9 Å². The Balaban J connectivity index is 1.61. The Morgan fingerprint density at radius 2 is 1.96 bits per heavy atom. The van der Waals surface area contributed by atoms with E-state index in [4.69, 9.17) is 0 Å². The lowest BCUT2D eigenvalue weighted by Crippen LogP contribution is -2.07. The molecular formula is C20H23N3OS2. The number of thiophene rings is 1. The SMILES string of the molecule is CCn1c(SCC(=O)Cc2ccc(C(C)C)cc2)nnc1-c1ccsc1. The van der Waals surface area contributed by atoms with Crippen LogP contribution in [-0.2, 0) is 17.8 Å². The fourth-order valence-corrected chi connectivity index (χ4v) is 4.23. The normalized spacial score (nSPS) is 11.2. The number of hydrogen-bond donors (Lipinski definition) is 0. The van der Waals surface area contributed by atoms with Crippen molar-refractivity contribution in [1.82, 2.24) is 14.8 Å². The van der Waals surface area contributed by atoms with Crippen molar-refractivity contribution in [3.8, 4) is 11.4 Å². The lowest BCUT2D eigenvalue weighted by Gasteiger charge is -2.07. The van der Waals surface area contributed by atoms with Crippen molar-refractivity contribution < 1.29 is 4.79 Å². The number of nitrogens with zero attached hydrogens (tertiary/aromatic N) is 3. The Hall–Kier alpha value is -1.92. The summed E-state index contributed by atoms with van der Waals surface area (Å²) >= 11 is 3.11. The first kappa shape index (κ1) is 18.9. The zero-order valence-corrected chi connectivity index (χ0v) is 16.9. The summed E-state index contributed by atoms with van der Waals surface area (Å²) in [6.45, 7) is 7.20. The Morgan fingerprint density at radius 1 is 1.19 bits per heavy atom. The molecule has 26 heavy (non-hydrogen) atoms. The predicted octanol–water partition coefficient (Wildman–Crippen LogP) is 5.05. The van der Waals surface area contributed by atoms with Gasteiger partial charge in [0.1, 0.15) is 5.78 Å². The Labute approximate surface area is 162 Å². The minimum Gasteiger partial charge on any atom is -0.302 e. The molecule has 0 radical (unpaired) electrons. The van der Waals surface area contributed by atoms with Gasteiger partial charge in [-0.2, -0.15) is 11.3 Å². The smallest absolute Gasteiger partial charge is 0.191 e. The van der Waals surface area contributed by atoms with E-state index < -0.39 is 0 Å². The van der Waals surface area contributed by atoms with Crippen molar-refractivity contribution in [2.24, 2.45) is 0 Å². The zero-order chi connectivity index (χ0) is 18.5. The number of aromatic nitrogens is 3. The second-order valence-corrected chi connectivity index (χ2v) is 8.19. The molecule has 6 heteroatoms. The first-order valence-corrected chi connectivity index (χ1v) is 10.7. The van der Waals surface area contributed by atoms with Gasteiger partial charge in [0.05, 0.1) is 5.75 Å². The molecule has 2 heterocycles. The van der Waals surface area contributed by atoms with Crippen LogP contribution in [0.4, 0.5) is 0 Å². The van der Waals surface area contributed by atoms with Gasteiger partial charge in [0.2, 0.25) is 0 Å². The van der Waals surface area contributed by atoms with E-state index in [1.807, 2.05) is 11.4 Å². The van der Waals surface area contributed by atoms with Gasteiger partial charge in [-0.15, -0.1) is 10.2 Å². The third-order valence-corrected chi connectivity index (χ3v) is 5.93. The van der Waals surface area contributed by atoms with Crippen molar-refractivity contribution >= 4 is 28.9 Å². The number of rotatable bonds is 8. The maximum Gasteiger partial charge on any atom is 0.191 e. The van der Waals surface area contributed by atoms with Crippen LogP contribution in [0.1, 0.15) is 37.8 Å². The molecule has 1 aromatic carbocycles. The highest BCUT2D eigenvalue weighted by molar-refractivity contribution is 7.99. The van der Waals surface area contributed by atoms with Gasteiger partial charge in [-0.25, -0.2) is 0 Å². The number of thioether (sulfide) groups is 1. The fourth-order valence-electron chi connectivity index (χ4n) is 2.73. The minimum absolute atomic E-state index is 0.204. The molecule has 0 fully saturated rings. The summed E-state index contributed by atoms with van der Waals surface area (Å²) in [5.41, 5.74) is 3.44. The van der Waals surface area contributed by atoms with Crippen LogP contribution in [-0.4, -0.2) is 26.3 Å². The second-order valence-electron chi connectivity index (χ2n) is 6.46. The van der Waals surface area contributed by atoms with Crippen LogP contribution in [0.2, 0.25) is 0 Å². The molecule has 0 spiro atoms. The van der Waals surface area contributed by atoms with Crippen molar-refractivity contribution in [1.29, 1.82) is 0 Å². The molecule has 136 valence electrons. The molecule has 0 saturated heterocycles. The van der Waals surface area contributed by atoms with Crippen LogP contribution in [0.25, 0.3) is 11.4 Å². The zero-order valence-electron chi connectivity index (χ0n) is 15.3. The van der Waals surface area contributed by atoms with Gasteiger partial charge in [0.25, 0.3) is 0 Å². The van der Waals surface area contributed by atoms with Crippen LogP contribution in [0.15, 0.2) is 46.2 Å². The summed E-state index contributed by atoms with van der Waals surface area (Å²) in [6, 6.07) is 10.4. The van der Waals surface area contributed by atoms with Crippen molar-refractivity contribution in [2.45, 2.75) is 44.8 Å². The highest BCUT2D eigenvalue weighted by Crippen LogP contribution is 2.25. The summed E-state index contributed by atoms with van der Waals surface area (Å²) in [5, 5.41) is 13.5. The second kappa shape index (κ2) is 8.64. The van der Waals surface area contributed by atoms with E-state index in [9.17, 15) is 4.79 Å². The van der Waals surface area contributed by atoms with Crippen LogP contribution in [0.5, 0.6) is 0 Å². The van der Waals surface area contributed by atoms with Crippen LogP contribution < -0.4 is 0 Å². The molecule has 3 aromatic rings. The lowest BCUT2D eigenvalue weighted by molar-refractivity contribution is -0.116. The van der Waals surface area contributed by atoms with E-state index in [2.05, 4.69) is 65.2 Å². The van der Waals surface area contributed by atoms with Crippen LogP contribution in [0, 0.1) is 0 Å². The Morgan fingerprint density at radius 3 is 2.58 bits per heavy atom. The van der Waals surface area contributed by atoms with Crippen LogP contribution >= 0.6 is 23.1 Å². The van der Waals surface area contributed by atoms with Crippen LogP contribution in [0.3, 0.4) is 0 Å². The molecular weight excluding hydrogens is 362 g/mol. The molecule has 0 aliphatic heterocycles. The summed E-state index contributed by atoms with van der Waals surface area (Å²) in [7, 11) is 0. The van der Waals surface area contributed by atoms with E-state index in [1.165, 1.54) is 17.3 Å². The quantitative estimate of drug-likeness (QED) is 0.509. The number of Topliss-reactive ketones (excluding diaryl/α,β-unsaturated/α-hetero) is 1. The molecule has 2 aromatic heterocycles.